The van der Waals surface area contributed by atoms with Crippen LogP contribution in [0, 0.1) is 11.3 Å². The third-order valence-corrected chi connectivity index (χ3v) is 6.97. The second kappa shape index (κ2) is 14.4. The summed E-state index contributed by atoms with van der Waals surface area (Å²) in [5.41, 5.74) is 1.22. The van der Waals surface area contributed by atoms with E-state index in [1.807, 2.05) is 56.3 Å². The standard InChI is InChI=1S/C26H33N2O5P/c1-4-6-18-32-34(30,33-19-7-5-2)28(21-22-14-10-8-11-15-22)25(23-16-12-9-13-17-23)24(20-27)26(29)31-3/h8-17H,4-7,18-19,21H2,1-3H3. The molecule has 0 saturated heterocycles. The zero-order chi connectivity index (χ0) is 24.8. The molecule has 0 aromatic heterocycles. The van der Waals surface area contributed by atoms with E-state index in [0.717, 1.165) is 18.4 Å². The number of nitrogens with zero attached hydrogens (tertiary/aromatic N) is 2. The third-order valence-electron chi connectivity index (χ3n) is 5.02. The lowest BCUT2D eigenvalue weighted by molar-refractivity contribution is -0.135. The molecule has 182 valence electrons. The molecule has 2 rings (SSSR count). The molecule has 0 N–H and O–H groups in total. The van der Waals surface area contributed by atoms with Gasteiger partial charge in [-0.3, -0.25) is 13.7 Å². The van der Waals surface area contributed by atoms with Crippen molar-refractivity contribution in [1.29, 1.82) is 5.26 Å². The van der Waals surface area contributed by atoms with E-state index < -0.39 is 13.7 Å². The molecule has 0 aliphatic heterocycles. The van der Waals surface area contributed by atoms with Crippen LogP contribution in [-0.4, -0.2) is 31.0 Å². The van der Waals surface area contributed by atoms with Crippen LogP contribution >= 0.6 is 7.75 Å². The highest BCUT2D eigenvalue weighted by Crippen LogP contribution is 2.57. The number of carbonyl (C=O) groups excluding carboxylic acids is 1. The van der Waals surface area contributed by atoms with Crippen molar-refractivity contribution in [2.75, 3.05) is 20.3 Å². The Morgan fingerprint density at radius 3 is 1.94 bits per heavy atom. The molecule has 0 saturated carbocycles. The lowest BCUT2D eigenvalue weighted by Gasteiger charge is -2.34. The van der Waals surface area contributed by atoms with Gasteiger partial charge in [-0.1, -0.05) is 87.4 Å². The number of hydrogen-bond acceptors (Lipinski definition) is 6. The van der Waals surface area contributed by atoms with Crippen LogP contribution in [0.5, 0.6) is 0 Å². The van der Waals surface area contributed by atoms with Crippen molar-refractivity contribution < 1.29 is 23.1 Å². The molecule has 0 radical (unpaired) electrons. The van der Waals surface area contributed by atoms with Gasteiger partial charge in [0.05, 0.1) is 32.6 Å². The van der Waals surface area contributed by atoms with Crippen molar-refractivity contribution in [3.05, 3.63) is 77.4 Å². The minimum absolute atomic E-state index is 0.1000. The molecule has 2 aromatic rings. The first-order valence-corrected chi connectivity index (χ1v) is 13.0. The number of unbranched alkanes of at least 4 members (excludes halogenated alkanes) is 2. The van der Waals surface area contributed by atoms with Crippen molar-refractivity contribution in [3.8, 4) is 6.07 Å². The Kier molecular flexibility index (Phi) is 11.6. The molecule has 0 spiro atoms. The number of carbonyl (C=O) groups is 1. The molecule has 2 aromatic carbocycles. The molecule has 0 amide bonds. The molecule has 0 aliphatic carbocycles. The Labute approximate surface area is 202 Å². The maximum atomic E-state index is 14.4. The highest BCUT2D eigenvalue weighted by Gasteiger charge is 2.39. The zero-order valence-electron chi connectivity index (χ0n) is 20.1. The first-order valence-electron chi connectivity index (χ1n) is 11.5. The highest BCUT2D eigenvalue weighted by atomic mass is 31.2. The van der Waals surface area contributed by atoms with Crippen molar-refractivity contribution in [1.82, 2.24) is 4.67 Å². The average molecular weight is 485 g/mol. The number of nitriles is 1. The first-order chi connectivity index (χ1) is 16.5. The van der Waals surface area contributed by atoms with Crippen molar-refractivity contribution >= 4 is 19.4 Å². The lowest BCUT2D eigenvalue weighted by Crippen LogP contribution is -2.25. The van der Waals surface area contributed by atoms with Crippen molar-refractivity contribution in [2.45, 2.75) is 46.1 Å². The van der Waals surface area contributed by atoms with Gasteiger partial charge < -0.3 is 4.74 Å². The van der Waals surface area contributed by atoms with Crippen LogP contribution in [0.4, 0.5) is 0 Å². The minimum atomic E-state index is -3.98. The number of methoxy groups -OCH3 is 1. The fourth-order valence-electron chi connectivity index (χ4n) is 3.19. The second-order valence-corrected chi connectivity index (χ2v) is 9.51. The summed E-state index contributed by atoms with van der Waals surface area (Å²) in [5, 5.41) is 9.96. The predicted octanol–water partition coefficient (Wildman–Crippen LogP) is 6.34. The topological polar surface area (TPSA) is 88.9 Å². The molecule has 7 nitrogen and oxygen atoms in total. The van der Waals surface area contributed by atoms with E-state index in [1.165, 1.54) is 11.8 Å². The van der Waals surface area contributed by atoms with E-state index in [9.17, 15) is 14.6 Å². The van der Waals surface area contributed by atoms with Gasteiger partial charge in [0.25, 0.3) is 0 Å². The summed E-state index contributed by atoms with van der Waals surface area (Å²) in [6.45, 7) is 4.55. The molecule has 0 bridgehead atoms. The van der Waals surface area contributed by atoms with Crippen molar-refractivity contribution in [3.63, 3.8) is 0 Å². The zero-order valence-corrected chi connectivity index (χ0v) is 21.0. The van der Waals surface area contributed by atoms with Gasteiger partial charge in [-0.25, -0.2) is 9.36 Å². The number of esters is 1. The maximum absolute atomic E-state index is 14.4. The first kappa shape index (κ1) is 27.3. The highest BCUT2D eigenvalue weighted by molar-refractivity contribution is 7.51. The summed E-state index contributed by atoms with van der Waals surface area (Å²) in [6, 6.07) is 20.2. The van der Waals surface area contributed by atoms with Gasteiger partial charge in [0, 0.05) is 0 Å². The Bertz CT molecular complexity index is 1000. The quantitative estimate of drug-likeness (QED) is 0.102. The van der Waals surface area contributed by atoms with Crippen LogP contribution in [0.1, 0.15) is 50.7 Å². The summed E-state index contributed by atoms with van der Waals surface area (Å²) in [7, 11) is -2.77. The monoisotopic (exact) mass is 484 g/mol. The van der Waals surface area contributed by atoms with Gasteiger partial charge >= 0.3 is 13.7 Å². The van der Waals surface area contributed by atoms with Crippen LogP contribution in [0.25, 0.3) is 5.70 Å². The van der Waals surface area contributed by atoms with E-state index in [4.69, 9.17) is 13.8 Å². The number of rotatable bonds is 14. The van der Waals surface area contributed by atoms with Crippen LogP contribution in [0.2, 0.25) is 0 Å². The van der Waals surface area contributed by atoms with Gasteiger partial charge in [0.2, 0.25) is 0 Å². The predicted molar refractivity (Wildman–Crippen MR) is 132 cm³/mol. The van der Waals surface area contributed by atoms with Crippen molar-refractivity contribution in [2.24, 2.45) is 0 Å². The fraction of sp³-hybridized carbons (Fsp3) is 0.385. The summed E-state index contributed by atoms with van der Waals surface area (Å²) in [6.07, 6.45) is 3.07. The van der Waals surface area contributed by atoms with Crippen LogP contribution in [0.3, 0.4) is 0 Å². The normalized spacial score (nSPS) is 11.9. The van der Waals surface area contributed by atoms with Gasteiger partial charge in [0.1, 0.15) is 6.07 Å². The van der Waals surface area contributed by atoms with Crippen LogP contribution in [-0.2, 0) is 29.7 Å². The fourth-order valence-corrected chi connectivity index (χ4v) is 5.06. The number of benzene rings is 2. The molecular formula is C26H33N2O5P. The molecule has 0 atom stereocenters. The minimum Gasteiger partial charge on any atom is -0.465 e. The Hall–Kier alpha value is -2.91. The SMILES string of the molecule is CCCCOP(=O)(OCCCC)N(Cc1ccccc1)C(=C(C#N)C(=O)OC)c1ccccc1. The van der Waals surface area contributed by atoms with Gasteiger partial charge in [0.15, 0.2) is 5.57 Å². The Morgan fingerprint density at radius 2 is 1.47 bits per heavy atom. The maximum Gasteiger partial charge on any atom is 0.435 e. The molecular weight excluding hydrogens is 451 g/mol. The number of hydrogen-bond donors (Lipinski definition) is 0. The Balaban J connectivity index is 2.75. The summed E-state index contributed by atoms with van der Waals surface area (Å²) in [5.74, 6) is -0.826. The van der Waals surface area contributed by atoms with E-state index >= 15 is 0 Å². The second-order valence-electron chi connectivity index (χ2n) is 7.58. The molecule has 34 heavy (non-hydrogen) atoms. The van der Waals surface area contributed by atoms with Gasteiger partial charge in [-0.2, -0.15) is 5.26 Å². The van der Waals surface area contributed by atoms with Gasteiger partial charge in [-0.05, 0) is 24.0 Å². The number of ether oxygens (including phenoxy) is 1. The summed E-state index contributed by atoms with van der Waals surface area (Å²) >= 11 is 0. The lowest BCUT2D eigenvalue weighted by atomic mass is 10.1. The summed E-state index contributed by atoms with van der Waals surface area (Å²) in [4.78, 5) is 12.7. The van der Waals surface area contributed by atoms with E-state index in [0.29, 0.717) is 18.4 Å². The molecule has 0 aliphatic rings. The van der Waals surface area contributed by atoms with E-state index in [2.05, 4.69) is 0 Å². The third kappa shape index (κ3) is 7.56. The molecule has 0 fully saturated rings. The van der Waals surface area contributed by atoms with Crippen LogP contribution in [0.15, 0.2) is 66.2 Å². The summed E-state index contributed by atoms with van der Waals surface area (Å²) < 4.78 is 32.6. The van der Waals surface area contributed by atoms with E-state index in [-0.39, 0.29) is 31.0 Å². The largest absolute Gasteiger partial charge is 0.465 e. The average Bonchev–Trinajstić information content (AvgIpc) is 2.87. The molecule has 0 heterocycles. The Morgan fingerprint density at radius 1 is 0.941 bits per heavy atom. The molecule has 0 unspecified atom stereocenters. The van der Waals surface area contributed by atoms with E-state index in [1.54, 1.807) is 24.3 Å². The van der Waals surface area contributed by atoms with Gasteiger partial charge in [-0.15, -0.1) is 0 Å². The molecule has 8 heteroatoms. The smallest absolute Gasteiger partial charge is 0.435 e. The van der Waals surface area contributed by atoms with Crippen LogP contribution < -0.4 is 0 Å².